The molecule has 1 unspecified atom stereocenters. The summed E-state index contributed by atoms with van der Waals surface area (Å²) in [7, 11) is 3.35. The normalized spacial score (nSPS) is 11.2. The number of carbonyl (C=O) groups is 1. The lowest BCUT2D eigenvalue weighted by Gasteiger charge is -2.14. The van der Waals surface area contributed by atoms with Crippen LogP contribution in [0.4, 0.5) is 0 Å². The summed E-state index contributed by atoms with van der Waals surface area (Å²) in [4.78, 5) is 12.1. The highest BCUT2D eigenvalue weighted by molar-refractivity contribution is 5.80. The van der Waals surface area contributed by atoms with Crippen LogP contribution in [0.1, 0.15) is 57.2 Å². The van der Waals surface area contributed by atoms with Gasteiger partial charge in [-0.1, -0.05) is 58.0 Å². The van der Waals surface area contributed by atoms with Crippen LogP contribution in [0.15, 0.2) is 42.5 Å². The van der Waals surface area contributed by atoms with E-state index in [9.17, 15) is 4.79 Å². The minimum absolute atomic E-state index is 0.154. The molecule has 0 saturated carbocycles. The molecule has 0 spiro atoms. The topological polar surface area (TPSA) is 35.5 Å². The smallest absolute Gasteiger partial charge is 0.136 e. The molecule has 27 heavy (non-hydrogen) atoms. The lowest BCUT2D eigenvalue weighted by Crippen LogP contribution is -2.10. The van der Waals surface area contributed by atoms with Crippen LogP contribution in [0.2, 0.25) is 0 Å². The fourth-order valence-electron chi connectivity index (χ4n) is 2.94. The third kappa shape index (κ3) is 6.74. The fourth-order valence-corrected chi connectivity index (χ4v) is 2.94. The van der Waals surface area contributed by atoms with Crippen molar-refractivity contribution in [1.82, 2.24) is 0 Å². The second-order valence-electron chi connectivity index (χ2n) is 6.41. The van der Waals surface area contributed by atoms with E-state index in [1.165, 1.54) is 11.1 Å². The van der Waals surface area contributed by atoms with Crippen LogP contribution >= 0.6 is 0 Å². The molecular weight excluding hydrogens is 336 g/mol. The van der Waals surface area contributed by atoms with E-state index in [2.05, 4.69) is 31.2 Å². The Morgan fingerprint density at radius 3 is 2.07 bits per heavy atom. The van der Waals surface area contributed by atoms with Crippen molar-refractivity contribution in [1.29, 1.82) is 0 Å². The first-order valence-corrected chi connectivity index (χ1v) is 9.89. The molecule has 2 aromatic rings. The maximum Gasteiger partial charge on any atom is 0.136 e. The Labute approximate surface area is 164 Å². The molecule has 0 fully saturated rings. The minimum atomic E-state index is 0.154. The van der Waals surface area contributed by atoms with Gasteiger partial charge in [0.2, 0.25) is 0 Å². The molecule has 0 aromatic heterocycles. The molecule has 0 radical (unpaired) electrons. The number of methoxy groups -OCH3 is 2. The molecule has 0 aliphatic rings. The predicted octanol–water partition coefficient (Wildman–Crippen LogP) is 5.87. The Morgan fingerprint density at radius 2 is 1.52 bits per heavy atom. The monoisotopic (exact) mass is 370 g/mol. The summed E-state index contributed by atoms with van der Waals surface area (Å²) in [6.07, 6.45) is 3.04. The van der Waals surface area contributed by atoms with Gasteiger partial charge in [0.15, 0.2) is 0 Å². The van der Waals surface area contributed by atoms with Gasteiger partial charge in [0.1, 0.15) is 17.3 Å². The number of hydrogen-bond donors (Lipinski definition) is 0. The molecule has 1 atom stereocenters. The molecule has 0 amide bonds. The number of hydrogen-bond acceptors (Lipinski definition) is 3. The summed E-state index contributed by atoms with van der Waals surface area (Å²) < 4.78 is 11.0. The van der Waals surface area contributed by atoms with Gasteiger partial charge in [0, 0.05) is 24.3 Å². The molecule has 0 bridgehead atoms. The van der Waals surface area contributed by atoms with Crippen LogP contribution in [0, 0.1) is 5.92 Å². The van der Waals surface area contributed by atoms with Crippen molar-refractivity contribution in [3.05, 3.63) is 59.2 Å². The SMILES string of the molecule is CC.CCC(C)C(=O)CCc1cccc(Cc2c(OC)cccc2OC)c1. The van der Waals surface area contributed by atoms with Crippen LogP contribution in [0.25, 0.3) is 0 Å². The van der Waals surface area contributed by atoms with Gasteiger partial charge in [-0.25, -0.2) is 0 Å². The largest absolute Gasteiger partial charge is 0.496 e. The van der Waals surface area contributed by atoms with Gasteiger partial charge in [-0.05, 0) is 36.1 Å². The standard InChI is InChI=1S/C22H28O3.C2H6/c1-5-16(2)20(23)13-12-17-8-6-9-18(14-17)15-19-21(24-3)10-7-11-22(19)25-4;1-2/h6-11,14,16H,5,12-13,15H2,1-4H3;1-2H3. The molecule has 0 aliphatic carbocycles. The number of rotatable bonds is 9. The van der Waals surface area contributed by atoms with Gasteiger partial charge in [-0.3, -0.25) is 4.79 Å². The molecular formula is C24H34O3. The number of Topliss-reactive ketones (excluding diaryl/α,β-unsaturated/α-hetero) is 1. The Kier molecular flexibility index (Phi) is 10.2. The third-order valence-corrected chi connectivity index (χ3v) is 4.72. The Bertz CT molecular complexity index is 684. The van der Waals surface area contributed by atoms with Gasteiger partial charge in [0.05, 0.1) is 14.2 Å². The van der Waals surface area contributed by atoms with Crippen molar-refractivity contribution in [2.45, 2.75) is 53.4 Å². The molecule has 0 saturated heterocycles. The van der Waals surface area contributed by atoms with Gasteiger partial charge in [0.25, 0.3) is 0 Å². The Morgan fingerprint density at radius 1 is 0.963 bits per heavy atom. The van der Waals surface area contributed by atoms with Crippen LogP contribution < -0.4 is 9.47 Å². The zero-order chi connectivity index (χ0) is 20.2. The zero-order valence-corrected chi connectivity index (χ0v) is 17.7. The average Bonchev–Trinajstić information content (AvgIpc) is 2.73. The van der Waals surface area contributed by atoms with E-state index in [1.54, 1.807) is 14.2 Å². The predicted molar refractivity (Wildman–Crippen MR) is 113 cm³/mol. The maximum absolute atomic E-state index is 12.1. The van der Waals surface area contributed by atoms with Crippen LogP contribution in [0.3, 0.4) is 0 Å². The molecule has 0 aliphatic heterocycles. The first-order valence-electron chi connectivity index (χ1n) is 9.89. The van der Waals surface area contributed by atoms with Crippen LogP contribution in [-0.2, 0) is 17.6 Å². The number of benzene rings is 2. The van der Waals surface area contributed by atoms with Crippen LogP contribution in [0.5, 0.6) is 11.5 Å². The summed E-state index contributed by atoms with van der Waals surface area (Å²) >= 11 is 0. The summed E-state index contributed by atoms with van der Waals surface area (Å²) in [5.41, 5.74) is 3.43. The van der Waals surface area contributed by atoms with Gasteiger partial charge in [-0.15, -0.1) is 0 Å². The molecule has 3 heteroatoms. The van der Waals surface area contributed by atoms with Gasteiger partial charge >= 0.3 is 0 Å². The second-order valence-corrected chi connectivity index (χ2v) is 6.41. The molecule has 148 valence electrons. The van der Waals surface area contributed by atoms with Gasteiger partial charge < -0.3 is 9.47 Å². The molecule has 2 aromatic carbocycles. The lowest BCUT2D eigenvalue weighted by molar-refractivity contribution is -0.122. The highest BCUT2D eigenvalue weighted by atomic mass is 16.5. The van der Waals surface area contributed by atoms with E-state index in [1.807, 2.05) is 39.0 Å². The lowest BCUT2D eigenvalue weighted by atomic mass is 9.96. The molecule has 0 N–H and O–H groups in total. The minimum Gasteiger partial charge on any atom is -0.496 e. The number of aryl methyl sites for hydroxylation is 1. The number of ketones is 1. The van der Waals surface area contributed by atoms with Crippen molar-refractivity contribution in [2.24, 2.45) is 5.92 Å². The highest BCUT2D eigenvalue weighted by Crippen LogP contribution is 2.30. The first-order chi connectivity index (χ1) is 13.1. The number of carbonyl (C=O) groups excluding carboxylic acids is 1. The molecule has 3 nitrogen and oxygen atoms in total. The van der Waals surface area contributed by atoms with Crippen molar-refractivity contribution in [3.8, 4) is 11.5 Å². The summed E-state index contributed by atoms with van der Waals surface area (Å²) in [6.45, 7) is 8.07. The van der Waals surface area contributed by atoms with Crippen molar-refractivity contribution < 1.29 is 14.3 Å². The van der Waals surface area contributed by atoms with Crippen LogP contribution in [-0.4, -0.2) is 20.0 Å². The summed E-state index contributed by atoms with van der Waals surface area (Å²) in [5, 5.41) is 0. The summed E-state index contributed by atoms with van der Waals surface area (Å²) in [6, 6.07) is 14.3. The Balaban J connectivity index is 0.00000176. The quantitative estimate of drug-likeness (QED) is 0.554. The van der Waals surface area contributed by atoms with E-state index < -0.39 is 0 Å². The van der Waals surface area contributed by atoms with Crippen molar-refractivity contribution in [3.63, 3.8) is 0 Å². The molecule has 2 rings (SSSR count). The first kappa shape index (κ1) is 22.8. The third-order valence-electron chi connectivity index (χ3n) is 4.72. The number of ether oxygens (including phenoxy) is 2. The fraction of sp³-hybridized carbons (Fsp3) is 0.458. The van der Waals surface area contributed by atoms with Crippen molar-refractivity contribution >= 4 is 5.78 Å². The van der Waals surface area contributed by atoms with E-state index in [0.29, 0.717) is 12.2 Å². The zero-order valence-electron chi connectivity index (χ0n) is 17.7. The average molecular weight is 371 g/mol. The molecule has 0 heterocycles. The Hall–Kier alpha value is -2.29. The van der Waals surface area contributed by atoms with Gasteiger partial charge in [-0.2, -0.15) is 0 Å². The second kappa shape index (κ2) is 12.2. The van der Waals surface area contributed by atoms with E-state index in [0.717, 1.165) is 36.3 Å². The maximum atomic E-state index is 12.1. The van der Waals surface area contributed by atoms with E-state index in [-0.39, 0.29) is 5.92 Å². The van der Waals surface area contributed by atoms with Crippen molar-refractivity contribution in [2.75, 3.05) is 14.2 Å². The van der Waals surface area contributed by atoms with E-state index >= 15 is 0 Å². The highest BCUT2D eigenvalue weighted by Gasteiger charge is 2.12. The summed E-state index contributed by atoms with van der Waals surface area (Å²) in [5.74, 6) is 2.16. The van der Waals surface area contributed by atoms with E-state index in [4.69, 9.17) is 9.47 Å².